The highest BCUT2D eigenvalue weighted by Gasteiger charge is 2.25. The van der Waals surface area contributed by atoms with Crippen LogP contribution in [0.4, 0.5) is 0 Å². The van der Waals surface area contributed by atoms with Crippen LogP contribution in [0.2, 0.25) is 0 Å². The minimum atomic E-state index is -0.697. The van der Waals surface area contributed by atoms with Gasteiger partial charge in [0.25, 0.3) is 0 Å². The molecule has 0 radical (unpaired) electrons. The molecule has 0 amide bonds. The van der Waals surface area contributed by atoms with Crippen LogP contribution in [0.15, 0.2) is 63.9 Å². The third-order valence-corrected chi connectivity index (χ3v) is 6.36. The molecule has 2 aromatic rings. The standard InChI is InChI=1S/C22H23NO2S/c24-21(25)10-5-13-23-14-11-16(12-15-23)22-17-6-1-3-8-19(17)26-20-9-4-2-7-18(20)22/h1-4,6-9H,5,10-15H2,(H,24,25). The van der Waals surface area contributed by atoms with Crippen LogP contribution in [0.25, 0.3) is 5.57 Å². The molecule has 0 atom stereocenters. The van der Waals surface area contributed by atoms with Gasteiger partial charge in [-0.1, -0.05) is 53.7 Å². The Bertz CT molecular complexity index is 801. The number of aliphatic carboxylic acids is 1. The first-order valence-corrected chi connectivity index (χ1v) is 10.1. The summed E-state index contributed by atoms with van der Waals surface area (Å²) in [5, 5.41) is 8.81. The minimum absolute atomic E-state index is 0.266. The van der Waals surface area contributed by atoms with Gasteiger partial charge in [0.2, 0.25) is 0 Å². The third-order valence-electron chi connectivity index (χ3n) is 5.21. The van der Waals surface area contributed by atoms with E-state index in [-0.39, 0.29) is 6.42 Å². The molecule has 0 aromatic heterocycles. The maximum atomic E-state index is 10.7. The average molecular weight is 365 g/mol. The lowest BCUT2D eigenvalue weighted by molar-refractivity contribution is -0.137. The molecule has 4 heteroatoms. The molecule has 2 aliphatic rings. The molecular formula is C22H23NO2S. The summed E-state index contributed by atoms with van der Waals surface area (Å²) in [5.74, 6) is -0.697. The van der Waals surface area contributed by atoms with Crippen LogP contribution in [0.5, 0.6) is 0 Å². The summed E-state index contributed by atoms with van der Waals surface area (Å²) in [4.78, 5) is 15.8. The van der Waals surface area contributed by atoms with E-state index in [1.165, 1.54) is 26.5 Å². The molecule has 2 heterocycles. The number of rotatable bonds is 4. The number of hydrogen-bond acceptors (Lipinski definition) is 3. The molecule has 1 saturated heterocycles. The van der Waals surface area contributed by atoms with Crippen LogP contribution in [0.1, 0.15) is 36.8 Å². The molecule has 0 saturated carbocycles. The first kappa shape index (κ1) is 17.4. The summed E-state index contributed by atoms with van der Waals surface area (Å²) in [6.45, 7) is 2.93. The van der Waals surface area contributed by atoms with Crippen LogP contribution in [0, 0.1) is 0 Å². The maximum absolute atomic E-state index is 10.7. The number of benzene rings is 2. The molecule has 1 fully saturated rings. The lowest BCUT2D eigenvalue weighted by atomic mass is 9.88. The van der Waals surface area contributed by atoms with E-state index in [0.717, 1.165) is 38.9 Å². The Hall–Kier alpha value is -2.04. The molecule has 0 spiro atoms. The number of nitrogens with zero attached hydrogens (tertiary/aromatic N) is 1. The zero-order chi connectivity index (χ0) is 17.9. The highest BCUT2D eigenvalue weighted by atomic mass is 32.2. The Morgan fingerprint density at radius 2 is 1.54 bits per heavy atom. The van der Waals surface area contributed by atoms with Crippen molar-refractivity contribution in [1.29, 1.82) is 0 Å². The maximum Gasteiger partial charge on any atom is 0.303 e. The Labute approximate surface area is 158 Å². The van der Waals surface area contributed by atoms with E-state index in [4.69, 9.17) is 5.11 Å². The molecular weight excluding hydrogens is 342 g/mol. The predicted octanol–water partition coefficient (Wildman–Crippen LogP) is 4.91. The summed E-state index contributed by atoms with van der Waals surface area (Å²) in [6, 6.07) is 17.4. The fourth-order valence-electron chi connectivity index (χ4n) is 3.92. The van der Waals surface area contributed by atoms with Gasteiger partial charge in [-0.25, -0.2) is 0 Å². The van der Waals surface area contributed by atoms with Gasteiger partial charge in [0.15, 0.2) is 0 Å². The number of carboxylic acid groups (broad SMARTS) is 1. The van der Waals surface area contributed by atoms with Gasteiger partial charge in [-0.15, -0.1) is 0 Å². The molecule has 3 nitrogen and oxygen atoms in total. The van der Waals surface area contributed by atoms with E-state index in [1.54, 1.807) is 5.57 Å². The minimum Gasteiger partial charge on any atom is -0.481 e. The number of carbonyl (C=O) groups is 1. The van der Waals surface area contributed by atoms with Crippen molar-refractivity contribution in [2.45, 2.75) is 35.5 Å². The van der Waals surface area contributed by atoms with Crippen LogP contribution < -0.4 is 0 Å². The molecule has 0 unspecified atom stereocenters. The second-order valence-electron chi connectivity index (χ2n) is 6.91. The van der Waals surface area contributed by atoms with Crippen LogP contribution in [-0.2, 0) is 4.79 Å². The van der Waals surface area contributed by atoms with Crippen LogP contribution in [0.3, 0.4) is 0 Å². The Balaban J connectivity index is 1.59. The second-order valence-corrected chi connectivity index (χ2v) is 8.00. The third kappa shape index (κ3) is 3.57. The summed E-state index contributed by atoms with van der Waals surface area (Å²) in [5.41, 5.74) is 5.70. The van der Waals surface area contributed by atoms with Crippen molar-refractivity contribution in [2.24, 2.45) is 0 Å². The number of piperidine rings is 1. The fourth-order valence-corrected chi connectivity index (χ4v) is 5.01. The van der Waals surface area contributed by atoms with Crippen LogP contribution >= 0.6 is 11.8 Å². The van der Waals surface area contributed by atoms with E-state index >= 15 is 0 Å². The van der Waals surface area contributed by atoms with Crippen molar-refractivity contribution < 1.29 is 9.90 Å². The van der Waals surface area contributed by atoms with E-state index in [1.807, 2.05) is 11.8 Å². The van der Waals surface area contributed by atoms with Gasteiger partial charge in [-0.05, 0) is 54.6 Å². The van der Waals surface area contributed by atoms with E-state index < -0.39 is 5.97 Å². The SMILES string of the molecule is O=C(O)CCCN1CCC(=C2c3ccccc3Sc3ccccc32)CC1. The van der Waals surface area contributed by atoms with Crippen LogP contribution in [-0.4, -0.2) is 35.6 Å². The molecule has 2 aliphatic heterocycles. The summed E-state index contributed by atoms with van der Waals surface area (Å²) in [6.07, 6.45) is 3.14. The molecule has 1 N–H and O–H groups in total. The number of carboxylic acids is 1. The van der Waals surface area contributed by atoms with Gasteiger partial charge in [-0.3, -0.25) is 4.79 Å². The fraction of sp³-hybridized carbons (Fsp3) is 0.318. The van der Waals surface area contributed by atoms with Gasteiger partial charge in [0.05, 0.1) is 0 Å². The van der Waals surface area contributed by atoms with Crippen molar-refractivity contribution in [1.82, 2.24) is 4.90 Å². The number of hydrogen-bond donors (Lipinski definition) is 1. The Morgan fingerprint density at radius 3 is 2.12 bits per heavy atom. The molecule has 26 heavy (non-hydrogen) atoms. The van der Waals surface area contributed by atoms with E-state index in [2.05, 4.69) is 53.4 Å². The molecule has 0 bridgehead atoms. The van der Waals surface area contributed by atoms with Gasteiger partial charge >= 0.3 is 5.97 Å². The molecule has 134 valence electrons. The lowest BCUT2D eigenvalue weighted by Crippen LogP contribution is -2.32. The van der Waals surface area contributed by atoms with Crippen molar-refractivity contribution in [3.05, 3.63) is 65.2 Å². The summed E-state index contributed by atoms with van der Waals surface area (Å²) >= 11 is 1.86. The number of fused-ring (bicyclic) bond motifs is 2. The van der Waals surface area contributed by atoms with E-state index in [0.29, 0.717) is 0 Å². The monoisotopic (exact) mass is 365 g/mol. The quantitative estimate of drug-likeness (QED) is 0.713. The van der Waals surface area contributed by atoms with Crippen molar-refractivity contribution in [3.63, 3.8) is 0 Å². The van der Waals surface area contributed by atoms with Gasteiger partial charge in [0, 0.05) is 29.3 Å². The zero-order valence-corrected chi connectivity index (χ0v) is 15.6. The van der Waals surface area contributed by atoms with Gasteiger partial charge in [0.1, 0.15) is 0 Å². The summed E-state index contributed by atoms with van der Waals surface area (Å²) < 4.78 is 0. The normalized spacial score (nSPS) is 16.9. The van der Waals surface area contributed by atoms with Crippen molar-refractivity contribution >= 4 is 23.3 Å². The molecule has 4 rings (SSSR count). The largest absolute Gasteiger partial charge is 0.481 e. The highest BCUT2D eigenvalue weighted by molar-refractivity contribution is 7.99. The lowest BCUT2D eigenvalue weighted by Gasteiger charge is -2.32. The average Bonchev–Trinajstić information content (AvgIpc) is 2.66. The van der Waals surface area contributed by atoms with E-state index in [9.17, 15) is 4.79 Å². The highest BCUT2D eigenvalue weighted by Crippen LogP contribution is 2.47. The second kappa shape index (κ2) is 7.68. The summed E-state index contributed by atoms with van der Waals surface area (Å²) in [7, 11) is 0. The smallest absolute Gasteiger partial charge is 0.303 e. The van der Waals surface area contributed by atoms with Crippen molar-refractivity contribution in [2.75, 3.05) is 19.6 Å². The Morgan fingerprint density at radius 1 is 0.962 bits per heavy atom. The van der Waals surface area contributed by atoms with Crippen molar-refractivity contribution in [3.8, 4) is 0 Å². The first-order valence-electron chi connectivity index (χ1n) is 9.25. The zero-order valence-electron chi connectivity index (χ0n) is 14.8. The predicted molar refractivity (Wildman–Crippen MR) is 106 cm³/mol. The number of likely N-dealkylation sites (tertiary alicyclic amines) is 1. The molecule has 0 aliphatic carbocycles. The Kier molecular flexibility index (Phi) is 5.14. The van der Waals surface area contributed by atoms with Gasteiger partial charge < -0.3 is 10.0 Å². The molecule has 2 aromatic carbocycles. The topological polar surface area (TPSA) is 40.5 Å². The first-order chi connectivity index (χ1) is 12.7. The van der Waals surface area contributed by atoms with Gasteiger partial charge in [-0.2, -0.15) is 0 Å².